The summed E-state index contributed by atoms with van der Waals surface area (Å²) in [4.78, 5) is 18.9. The first-order chi connectivity index (χ1) is 19.3. The second-order valence-corrected chi connectivity index (χ2v) is 10.6. The van der Waals surface area contributed by atoms with E-state index in [0.717, 1.165) is 34.8 Å². The molecule has 0 aliphatic carbocycles. The monoisotopic (exact) mass is 573 g/mol. The Morgan fingerprint density at radius 1 is 1.12 bits per heavy atom. The van der Waals surface area contributed by atoms with Gasteiger partial charge in [0.1, 0.15) is 6.61 Å². The number of hydrogen-bond donors (Lipinski definition) is 2. The van der Waals surface area contributed by atoms with Gasteiger partial charge in [-0.25, -0.2) is 0 Å². The quantitative estimate of drug-likeness (QED) is 0.236. The van der Waals surface area contributed by atoms with Gasteiger partial charge in [0.2, 0.25) is 5.91 Å². The molecule has 4 aromatic rings. The molecule has 5 rings (SSSR count). The van der Waals surface area contributed by atoms with Crippen molar-refractivity contribution in [2.24, 2.45) is 0 Å². The van der Waals surface area contributed by atoms with E-state index in [0.29, 0.717) is 15.8 Å². The number of hydrogen-bond acceptors (Lipinski definition) is 4. The van der Waals surface area contributed by atoms with Crippen LogP contribution in [-0.4, -0.2) is 34.3 Å². The summed E-state index contributed by atoms with van der Waals surface area (Å²) in [5.41, 5.74) is 8.10. The highest BCUT2D eigenvalue weighted by molar-refractivity contribution is 7.80. The van der Waals surface area contributed by atoms with Gasteiger partial charge in [-0.1, -0.05) is 42.8 Å². The number of benzene rings is 2. The predicted octanol–water partition coefficient (Wildman–Crippen LogP) is 6.47. The molecule has 0 bridgehead atoms. The first-order valence-corrected chi connectivity index (χ1v) is 14.0. The Morgan fingerprint density at radius 2 is 1.90 bits per heavy atom. The molecule has 0 unspecified atom stereocenters. The second-order valence-electron chi connectivity index (χ2n) is 9.79. The lowest BCUT2D eigenvalue weighted by molar-refractivity contribution is -0.119. The van der Waals surface area contributed by atoms with Gasteiger partial charge in [0.25, 0.3) is 0 Å². The minimum Gasteiger partial charge on any atom is -0.375 e. The molecule has 0 spiro atoms. The number of aromatic nitrogens is 2. The molecule has 2 aromatic heterocycles. The lowest BCUT2D eigenvalue weighted by Gasteiger charge is -2.28. The third-order valence-corrected chi connectivity index (χ3v) is 7.91. The van der Waals surface area contributed by atoms with Crippen LogP contribution in [0.25, 0.3) is 5.69 Å². The number of thiocarbonyl (C=S) groups is 1. The maximum atomic E-state index is 12.1. The summed E-state index contributed by atoms with van der Waals surface area (Å²) in [5, 5.41) is 7.30. The lowest BCUT2D eigenvalue weighted by atomic mass is 9.96. The molecular formula is C31H32ClN5O2S. The van der Waals surface area contributed by atoms with Crippen molar-refractivity contribution in [3.8, 4) is 5.69 Å². The van der Waals surface area contributed by atoms with Gasteiger partial charge in [0.05, 0.1) is 28.5 Å². The van der Waals surface area contributed by atoms with Gasteiger partial charge in [-0.05, 0) is 86.1 Å². The van der Waals surface area contributed by atoms with Gasteiger partial charge in [-0.2, -0.15) is 0 Å². The van der Waals surface area contributed by atoms with E-state index >= 15 is 0 Å². The van der Waals surface area contributed by atoms with Crippen molar-refractivity contribution >= 4 is 46.2 Å². The van der Waals surface area contributed by atoms with Gasteiger partial charge < -0.3 is 24.8 Å². The number of nitrogens with zero attached hydrogens (tertiary/aromatic N) is 3. The molecule has 1 fully saturated rings. The Hall–Kier alpha value is -3.72. The Balaban J connectivity index is 1.62. The molecule has 9 heteroatoms. The van der Waals surface area contributed by atoms with E-state index in [2.05, 4.69) is 76.2 Å². The highest BCUT2D eigenvalue weighted by atomic mass is 35.5. The van der Waals surface area contributed by atoms with E-state index in [1.165, 1.54) is 18.4 Å². The molecule has 2 atom stereocenters. The normalized spacial score (nSPS) is 16.7. The largest absolute Gasteiger partial charge is 0.375 e. The zero-order chi connectivity index (χ0) is 28.4. The van der Waals surface area contributed by atoms with E-state index in [9.17, 15) is 4.79 Å². The van der Waals surface area contributed by atoms with Crippen LogP contribution in [0.15, 0.2) is 72.9 Å². The number of ether oxygens (including phenoxy) is 1. The highest BCUT2D eigenvalue weighted by Gasteiger charge is 2.42. The predicted molar refractivity (Wildman–Crippen MR) is 165 cm³/mol. The van der Waals surface area contributed by atoms with Crippen LogP contribution >= 0.6 is 23.8 Å². The number of aryl methyl sites for hydroxylation is 2. The average molecular weight is 574 g/mol. The maximum Gasteiger partial charge on any atom is 0.250 e. The highest BCUT2D eigenvalue weighted by Crippen LogP contribution is 2.45. The van der Waals surface area contributed by atoms with Crippen LogP contribution in [0.4, 0.5) is 11.4 Å². The molecule has 3 heterocycles. The average Bonchev–Trinajstić information content (AvgIpc) is 3.45. The van der Waals surface area contributed by atoms with E-state index in [-0.39, 0.29) is 24.6 Å². The van der Waals surface area contributed by atoms with Crippen molar-refractivity contribution in [1.29, 1.82) is 0 Å². The molecule has 2 N–H and O–H groups in total. The van der Waals surface area contributed by atoms with Gasteiger partial charge in [0.15, 0.2) is 5.11 Å². The summed E-state index contributed by atoms with van der Waals surface area (Å²) in [5.74, 6) is -0.275. The Morgan fingerprint density at radius 3 is 2.60 bits per heavy atom. The van der Waals surface area contributed by atoms with Gasteiger partial charge in [-0.3, -0.25) is 9.78 Å². The Kier molecular flexibility index (Phi) is 8.21. The van der Waals surface area contributed by atoms with Crippen molar-refractivity contribution < 1.29 is 9.53 Å². The summed E-state index contributed by atoms with van der Waals surface area (Å²) in [6.07, 6.45) is 2.74. The summed E-state index contributed by atoms with van der Waals surface area (Å²) in [6, 6.07) is 21.8. The van der Waals surface area contributed by atoms with Crippen LogP contribution in [0, 0.1) is 13.8 Å². The first-order valence-electron chi connectivity index (χ1n) is 13.2. The number of para-hydroxylation sites is 1. The number of halogens is 1. The second kappa shape index (κ2) is 11.8. The van der Waals surface area contributed by atoms with Crippen LogP contribution in [0.2, 0.25) is 5.02 Å². The first kappa shape index (κ1) is 27.8. The zero-order valence-electron chi connectivity index (χ0n) is 22.9. The SMILES string of the molecule is CCc1ccccc1-n1c(C)cc([C@@H]2[C@@H](c3ccccn3)NC(=S)N2c2ccc(NC(=O)COC)c(Cl)c2)c1C. The molecule has 0 saturated carbocycles. The topological polar surface area (TPSA) is 71.4 Å². The van der Waals surface area contributed by atoms with Crippen molar-refractivity contribution in [1.82, 2.24) is 14.9 Å². The molecule has 1 amide bonds. The fourth-order valence-electron chi connectivity index (χ4n) is 5.51. The number of methoxy groups -OCH3 is 1. The fraction of sp³-hybridized carbons (Fsp3) is 0.258. The standard InChI is InChI=1S/C31H32ClN5O2S/c1-5-21-10-6-7-12-27(21)36-19(2)16-23(20(36)3)30-29(26-11-8-9-15-33-26)35-31(40)37(30)22-13-14-25(24(32)17-22)34-28(38)18-39-4/h6-17,29-30H,5,18H2,1-4H3,(H,34,38)(H,35,40)/t29-,30-/m1/s1. The van der Waals surface area contributed by atoms with Crippen LogP contribution in [-0.2, 0) is 16.0 Å². The molecule has 1 saturated heterocycles. The molecule has 1 aliphatic rings. The number of carbonyl (C=O) groups is 1. The van der Waals surface area contributed by atoms with E-state index in [4.69, 9.17) is 28.6 Å². The van der Waals surface area contributed by atoms with E-state index in [1.54, 1.807) is 12.3 Å². The third kappa shape index (κ3) is 5.22. The number of anilines is 2. The van der Waals surface area contributed by atoms with Gasteiger partial charge >= 0.3 is 0 Å². The minimum atomic E-state index is -0.275. The summed E-state index contributed by atoms with van der Waals surface area (Å²) in [7, 11) is 1.47. The molecule has 7 nitrogen and oxygen atoms in total. The summed E-state index contributed by atoms with van der Waals surface area (Å²) >= 11 is 12.6. The molecular weight excluding hydrogens is 542 g/mol. The molecule has 0 radical (unpaired) electrons. The Bertz CT molecular complexity index is 1550. The number of pyridine rings is 1. The lowest BCUT2D eigenvalue weighted by Crippen LogP contribution is -2.29. The van der Waals surface area contributed by atoms with Crippen molar-refractivity contribution in [3.63, 3.8) is 0 Å². The number of amides is 1. The molecule has 1 aliphatic heterocycles. The van der Waals surface area contributed by atoms with Crippen LogP contribution in [0.3, 0.4) is 0 Å². The van der Waals surface area contributed by atoms with E-state index in [1.807, 2.05) is 30.3 Å². The maximum absolute atomic E-state index is 12.1. The van der Waals surface area contributed by atoms with Gasteiger partial charge in [0, 0.05) is 36.1 Å². The Labute approximate surface area is 245 Å². The van der Waals surface area contributed by atoms with Crippen LogP contribution in [0.1, 0.15) is 47.2 Å². The van der Waals surface area contributed by atoms with Crippen LogP contribution < -0.4 is 15.5 Å². The number of rotatable bonds is 8. The number of carbonyl (C=O) groups excluding carboxylic acids is 1. The molecule has 2 aromatic carbocycles. The smallest absolute Gasteiger partial charge is 0.250 e. The number of nitrogens with one attached hydrogen (secondary N) is 2. The fourth-order valence-corrected chi connectivity index (χ4v) is 6.08. The zero-order valence-corrected chi connectivity index (χ0v) is 24.5. The van der Waals surface area contributed by atoms with Gasteiger partial charge in [-0.15, -0.1) is 0 Å². The molecule has 40 heavy (non-hydrogen) atoms. The summed E-state index contributed by atoms with van der Waals surface area (Å²) < 4.78 is 7.25. The summed E-state index contributed by atoms with van der Waals surface area (Å²) in [6.45, 7) is 6.42. The van der Waals surface area contributed by atoms with Crippen molar-refractivity contribution in [3.05, 3.63) is 106 Å². The third-order valence-electron chi connectivity index (χ3n) is 7.28. The minimum absolute atomic E-state index is 0.0528. The molecule has 206 valence electrons. The van der Waals surface area contributed by atoms with Crippen molar-refractivity contribution in [2.45, 2.75) is 39.3 Å². The van der Waals surface area contributed by atoms with Crippen molar-refractivity contribution in [2.75, 3.05) is 23.9 Å². The van der Waals surface area contributed by atoms with Crippen LogP contribution in [0.5, 0.6) is 0 Å². The van der Waals surface area contributed by atoms with E-state index < -0.39 is 0 Å².